The van der Waals surface area contributed by atoms with E-state index in [1.165, 1.54) is 21.8 Å². The zero-order valence-corrected chi connectivity index (χ0v) is 22.7. The lowest BCUT2D eigenvalue weighted by Crippen LogP contribution is -2.29. The molecule has 3 aromatic carbocycles. The Morgan fingerprint density at radius 1 is 1.08 bits per heavy atom. The number of anilines is 1. The molecule has 0 bridgehead atoms. The first kappa shape index (κ1) is 25.7. The normalized spacial score (nSPS) is 17.1. The van der Waals surface area contributed by atoms with Crippen molar-refractivity contribution in [1.82, 2.24) is 4.98 Å². The van der Waals surface area contributed by atoms with Crippen molar-refractivity contribution < 1.29 is 19.4 Å². The summed E-state index contributed by atoms with van der Waals surface area (Å²) in [5.74, 6) is -0.744. The number of Topliss-reactive ketones (excluding diaryl/α,β-unsaturated/α-hetero) is 1. The lowest BCUT2D eigenvalue weighted by molar-refractivity contribution is -0.132. The van der Waals surface area contributed by atoms with E-state index in [9.17, 15) is 14.7 Å². The Hall–Kier alpha value is -3.97. The van der Waals surface area contributed by atoms with Gasteiger partial charge in [-0.05, 0) is 54.7 Å². The summed E-state index contributed by atoms with van der Waals surface area (Å²) in [5, 5.41) is 11.9. The summed E-state index contributed by atoms with van der Waals surface area (Å²) >= 11 is 1.37. The molecule has 0 aliphatic carbocycles. The highest BCUT2D eigenvalue weighted by molar-refractivity contribution is 7.22. The second-order valence-corrected chi connectivity index (χ2v) is 10.8. The zero-order chi connectivity index (χ0) is 27.0. The minimum absolute atomic E-state index is 0.0374. The third-order valence-corrected chi connectivity index (χ3v) is 7.67. The summed E-state index contributed by atoms with van der Waals surface area (Å²) < 4.78 is 6.67. The van der Waals surface area contributed by atoms with Crippen molar-refractivity contribution in [3.63, 3.8) is 0 Å². The van der Waals surface area contributed by atoms with E-state index in [0.717, 1.165) is 27.8 Å². The van der Waals surface area contributed by atoms with E-state index in [0.29, 0.717) is 29.0 Å². The van der Waals surface area contributed by atoms with Crippen molar-refractivity contribution in [2.24, 2.45) is 0 Å². The molecule has 4 aromatic rings. The van der Waals surface area contributed by atoms with Crippen molar-refractivity contribution >= 4 is 44.1 Å². The second kappa shape index (κ2) is 10.4. The number of fused-ring (bicyclic) bond motifs is 1. The predicted molar refractivity (Wildman–Crippen MR) is 152 cm³/mol. The highest BCUT2D eigenvalue weighted by Gasteiger charge is 2.48. The molecule has 6 nitrogen and oxygen atoms in total. The van der Waals surface area contributed by atoms with Crippen molar-refractivity contribution in [2.75, 3.05) is 11.5 Å². The van der Waals surface area contributed by atoms with Crippen LogP contribution in [0.3, 0.4) is 0 Å². The minimum Gasteiger partial charge on any atom is -0.507 e. The minimum atomic E-state index is -0.819. The van der Waals surface area contributed by atoms with E-state index in [1.54, 1.807) is 24.3 Å². The molecule has 1 aliphatic rings. The number of amides is 1. The van der Waals surface area contributed by atoms with E-state index in [1.807, 2.05) is 50.2 Å². The van der Waals surface area contributed by atoms with E-state index in [4.69, 9.17) is 9.72 Å². The molecule has 0 saturated carbocycles. The number of aliphatic hydroxyl groups excluding tert-OH is 1. The van der Waals surface area contributed by atoms with Gasteiger partial charge in [0, 0.05) is 5.56 Å². The number of aliphatic hydroxyl groups is 1. The van der Waals surface area contributed by atoms with Gasteiger partial charge in [0.15, 0.2) is 5.13 Å². The van der Waals surface area contributed by atoms with Crippen LogP contribution in [0.15, 0.2) is 72.3 Å². The molecule has 2 heterocycles. The highest BCUT2D eigenvalue weighted by atomic mass is 32.1. The number of rotatable bonds is 7. The Kier molecular flexibility index (Phi) is 7.04. The number of benzene rings is 3. The van der Waals surface area contributed by atoms with Gasteiger partial charge in [-0.1, -0.05) is 80.1 Å². The number of hydrogen-bond donors (Lipinski definition) is 1. The standard InChI is InChI=1S/C31H30N2O4S/c1-5-14-37-23-11-7-10-22(16-23)28(34)26-27(21-9-6-8-19(4)15-21)33(30(36)29(26)35)31-32-24-13-12-20(18(2)3)17-25(24)38-31/h6-13,15-18,27,34H,5,14H2,1-4H3/b28-26+. The molecule has 194 valence electrons. The van der Waals surface area contributed by atoms with Gasteiger partial charge in [-0.25, -0.2) is 4.98 Å². The number of ether oxygens (including phenoxy) is 1. The average Bonchev–Trinajstić information content (AvgIpc) is 3.44. The fourth-order valence-corrected chi connectivity index (χ4v) is 5.73. The molecule has 1 atom stereocenters. The smallest absolute Gasteiger partial charge is 0.301 e. The van der Waals surface area contributed by atoms with Gasteiger partial charge in [-0.15, -0.1) is 0 Å². The van der Waals surface area contributed by atoms with E-state index in [2.05, 4.69) is 19.9 Å². The Morgan fingerprint density at radius 2 is 1.87 bits per heavy atom. The molecule has 7 heteroatoms. The summed E-state index contributed by atoms with van der Waals surface area (Å²) in [7, 11) is 0. The molecule has 0 radical (unpaired) electrons. The average molecular weight is 527 g/mol. The predicted octanol–water partition coefficient (Wildman–Crippen LogP) is 7.14. The van der Waals surface area contributed by atoms with Crippen molar-refractivity contribution in [2.45, 2.75) is 46.1 Å². The Balaban J connectivity index is 1.67. The van der Waals surface area contributed by atoms with Crippen LogP contribution in [0.25, 0.3) is 16.0 Å². The molecular formula is C31H30N2O4S. The maximum Gasteiger partial charge on any atom is 0.301 e. The fraction of sp³-hybridized carbons (Fsp3) is 0.258. The molecule has 1 aromatic heterocycles. The van der Waals surface area contributed by atoms with Gasteiger partial charge in [-0.2, -0.15) is 0 Å². The number of ketones is 1. The third kappa shape index (κ3) is 4.70. The van der Waals surface area contributed by atoms with Crippen LogP contribution in [0.2, 0.25) is 0 Å². The SMILES string of the molecule is CCCOc1cccc(/C(O)=C2\C(=O)C(=O)N(c3nc4ccc(C(C)C)cc4s3)C2c2cccc(C)c2)c1. The largest absolute Gasteiger partial charge is 0.507 e. The zero-order valence-electron chi connectivity index (χ0n) is 21.9. The lowest BCUT2D eigenvalue weighted by Gasteiger charge is -2.23. The monoisotopic (exact) mass is 526 g/mol. The summed E-state index contributed by atoms with van der Waals surface area (Å²) in [5.41, 5.74) is 4.10. The molecule has 1 saturated heterocycles. The highest BCUT2D eigenvalue weighted by Crippen LogP contribution is 2.44. The van der Waals surface area contributed by atoms with Crippen LogP contribution in [-0.4, -0.2) is 28.4 Å². The Labute approximate surface area is 226 Å². The number of aryl methyl sites for hydroxylation is 1. The molecule has 0 spiro atoms. The van der Waals surface area contributed by atoms with Gasteiger partial charge < -0.3 is 9.84 Å². The molecule has 1 unspecified atom stereocenters. The van der Waals surface area contributed by atoms with Crippen molar-refractivity contribution in [3.8, 4) is 5.75 Å². The number of carbonyl (C=O) groups excluding carboxylic acids is 2. The molecule has 1 amide bonds. The Bertz CT molecular complexity index is 1570. The fourth-order valence-electron chi connectivity index (χ4n) is 4.69. The second-order valence-electron chi connectivity index (χ2n) is 9.84. The first-order chi connectivity index (χ1) is 18.3. The maximum atomic E-state index is 13.6. The maximum absolute atomic E-state index is 13.6. The quantitative estimate of drug-likeness (QED) is 0.157. The molecule has 1 aliphatic heterocycles. The molecule has 38 heavy (non-hydrogen) atoms. The van der Waals surface area contributed by atoms with Crippen LogP contribution < -0.4 is 9.64 Å². The molecule has 5 rings (SSSR count). The van der Waals surface area contributed by atoms with E-state index >= 15 is 0 Å². The summed E-state index contributed by atoms with van der Waals surface area (Å²) in [6.45, 7) is 8.76. The van der Waals surface area contributed by atoms with Gasteiger partial charge in [0.2, 0.25) is 0 Å². The molecular weight excluding hydrogens is 496 g/mol. The van der Waals surface area contributed by atoms with Crippen molar-refractivity contribution in [3.05, 3.63) is 94.6 Å². The van der Waals surface area contributed by atoms with Gasteiger partial charge in [-0.3, -0.25) is 14.5 Å². The van der Waals surface area contributed by atoms with Gasteiger partial charge >= 0.3 is 5.91 Å². The summed E-state index contributed by atoms with van der Waals surface area (Å²) in [6, 6.07) is 19.9. The van der Waals surface area contributed by atoms with Crippen LogP contribution in [0, 0.1) is 6.92 Å². The molecule has 1 fully saturated rings. The van der Waals surface area contributed by atoms with Crippen LogP contribution in [0.5, 0.6) is 5.75 Å². The van der Waals surface area contributed by atoms with Crippen LogP contribution in [0.1, 0.15) is 61.4 Å². The third-order valence-electron chi connectivity index (χ3n) is 6.66. The van der Waals surface area contributed by atoms with Crippen molar-refractivity contribution in [1.29, 1.82) is 0 Å². The number of carbonyl (C=O) groups is 2. The van der Waals surface area contributed by atoms with Gasteiger partial charge in [0.05, 0.1) is 28.4 Å². The van der Waals surface area contributed by atoms with Crippen LogP contribution >= 0.6 is 11.3 Å². The summed E-state index contributed by atoms with van der Waals surface area (Å²) in [4.78, 5) is 33.2. The van der Waals surface area contributed by atoms with Gasteiger partial charge in [0.1, 0.15) is 11.5 Å². The van der Waals surface area contributed by atoms with E-state index in [-0.39, 0.29) is 11.3 Å². The van der Waals surface area contributed by atoms with E-state index < -0.39 is 17.7 Å². The lowest BCUT2D eigenvalue weighted by atomic mass is 9.94. The Morgan fingerprint density at radius 3 is 2.61 bits per heavy atom. The molecule has 1 N–H and O–H groups in total. The van der Waals surface area contributed by atoms with Gasteiger partial charge in [0.25, 0.3) is 5.78 Å². The number of thiazole rings is 1. The van der Waals surface area contributed by atoms with Crippen LogP contribution in [0.4, 0.5) is 5.13 Å². The topological polar surface area (TPSA) is 79.7 Å². The number of hydrogen-bond acceptors (Lipinski definition) is 6. The number of aromatic nitrogens is 1. The first-order valence-electron chi connectivity index (χ1n) is 12.8. The first-order valence-corrected chi connectivity index (χ1v) is 13.6. The number of nitrogens with zero attached hydrogens (tertiary/aromatic N) is 2. The van der Waals surface area contributed by atoms with Crippen LogP contribution in [-0.2, 0) is 9.59 Å². The summed E-state index contributed by atoms with van der Waals surface area (Å²) in [6.07, 6.45) is 0.843.